The van der Waals surface area contributed by atoms with E-state index in [9.17, 15) is 9.18 Å². The first-order valence-electron chi connectivity index (χ1n) is 3.96. The summed E-state index contributed by atoms with van der Waals surface area (Å²) >= 11 is 3.15. The molecule has 0 aliphatic heterocycles. The predicted octanol–water partition coefficient (Wildman–Crippen LogP) is 3.10. The van der Waals surface area contributed by atoms with Gasteiger partial charge < -0.3 is 0 Å². The molecule has 0 bridgehead atoms. The highest BCUT2D eigenvalue weighted by Crippen LogP contribution is 2.13. The minimum Gasteiger partial charge on any atom is -0.293 e. The molecule has 0 aromatic heterocycles. The van der Waals surface area contributed by atoms with Gasteiger partial charge in [-0.15, -0.1) is 0 Å². The van der Waals surface area contributed by atoms with Crippen molar-refractivity contribution in [1.29, 1.82) is 0 Å². The zero-order valence-electron chi connectivity index (χ0n) is 7.47. The smallest absolute Gasteiger partial charge is 0.176 e. The molecule has 1 unspecified atom stereocenters. The molecule has 0 aliphatic rings. The monoisotopic (exact) mass is 244 g/mol. The molecule has 0 saturated heterocycles. The first kappa shape index (κ1) is 10.4. The minimum absolute atomic E-state index is 0.0948. The third kappa shape index (κ3) is 2.62. The number of hydrogen-bond acceptors (Lipinski definition) is 1. The fourth-order valence-corrected chi connectivity index (χ4v) is 1.37. The van der Waals surface area contributed by atoms with E-state index in [1.54, 1.807) is 19.9 Å². The van der Waals surface area contributed by atoms with Crippen molar-refractivity contribution in [3.8, 4) is 0 Å². The number of aryl methyl sites for hydroxylation is 1. The van der Waals surface area contributed by atoms with Crippen LogP contribution in [0.2, 0.25) is 0 Å². The molecule has 0 aliphatic carbocycles. The molecule has 1 atom stereocenters. The second kappa shape index (κ2) is 4.01. The number of carbonyl (C=O) groups is 1. The normalized spacial score (nSPS) is 12.6. The van der Waals surface area contributed by atoms with Gasteiger partial charge in [-0.2, -0.15) is 0 Å². The van der Waals surface area contributed by atoms with Crippen molar-refractivity contribution in [2.24, 2.45) is 0 Å². The van der Waals surface area contributed by atoms with Gasteiger partial charge in [-0.05, 0) is 37.6 Å². The number of ketones is 1. The second-order valence-corrected chi connectivity index (χ2v) is 4.37. The topological polar surface area (TPSA) is 17.1 Å². The molecular formula is C10H10BrFO. The van der Waals surface area contributed by atoms with Crippen molar-refractivity contribution in [3.63, 3.8) is 0 Å². The first-order valence-corrected chi connectivity index (χ1v) is 4.88. The molecular weight excluding hydrogens is 235 g/mol. The fraction of sp³-hybridized carbons (Fsp3) is 0.300. The third-order valence-corrected chi connectivity index (χ3v) is 2.10. The average Bonchev–Trinajstić information content (AvgIpc) is 2.01. The molecule has 1 aromatic carbocycles. The summed E-state index contributed by atoms with van der Waals surface area (Å²) in [6.45, 7) is 3.49. The highest BCUT2D eigenvalue weighted by atomic mass is 79.9. The van der Waals surface area contributed by atoms with Crippen LogP contribution in [0.5, 0.6) is 0 Å². The third-order valence-electron chi connectivity index (χ3n) is 1.69. The van der Waals surface area contributed by atoms with E-state index in [0.717, 1.165) is 5.56 Å². The van der Waals surface area contributed by atoms with Crippen LogP contribution in [0.1, 0.15) is 22.8 Å². The zero-order chi connectivity index (χ0) is 10.0. The molecule has 1 aromatic rings. The van der Waals surface area contributed by atoms with E-state index in [1.165, 1.54) is 12.1 Å². The van der Waals surface area contributed by atoms with Gasteiger partial charge in [0.1, 0.15) is 5.82 Å². The number of carbonyl (C=O) groups excluding carboxylic acids is 1. The summed E-state index contributed by atoms with van der Waals surface area (Å²) in [4.78, 5) is 11.2. The summed E-state index contributed by atoms with van der Waals surface area (Å²) in [5.41, 5.74) is 1.18. The summed E-state index contributed by atoms with van der Waals surface area (Å²) in [5.74, 6) is -0.459. The van der Waals surface area contributed by atoms with Gasteiger partial charge in [0.05, 0.1) is 4.83 Å². The van der Waals surface area contributed by atoms with Crippen molar-refractivity contribution >= 4 is 21.7 Å². The number of benzene rings is 1. The first-order chi connectivity index (χ1) is 6.00. The van der Waals surface area contributed by atoms with Gasteiger partial charge in [0.2, 0.25) is 0 Å². The van der Waals surface area contributed by atoms with Crippen LogP contribution < -0.4 is 0 Å². The van der Waals surface area contributed by atoms with E-state index in [1.807, 2.05) is 0 Å². The van der Waals surface area contributed by atoms with Crippen LogP contribution in [0.4, 0.5) is 4.39 Å². The van der Waals surface area contributed by atoms with Gasteiger partial charge in [0, 0.05) is 5.56 Å². The van der Waals surface area contributed by atoms with Crippen LogP contribution in [0.3, 0.4) is 0 Å². The maximum Gasteiger partial charge on any atom is 0.176 e. The molecule has 0 spiro atoms. The molecule has 1 nitrogen and oxygen atoms in total. The van der Waals surface area contributed by atoms with E-state index in [-0.39, 0.29) is 16.4 Å². The van der Waals surface area contributed by atoms with Crippen LogP contribution in [-0.2, 0) is 0 Å². The largest absolute Gasteiger partial charge is 0.293 e. The SMILES string of the molecule is Cc1cc(F)cc(C(=O)C(C)Br)c1. The molecule has 0 radical (unpaired) electrons. The zero-order valence-corrected chi connectivity index (χ0v) is 9.06. The van der Waals surface area contributed by atoms with Crippen LogP contribution in [0.15, 0.2) is 18.2 Å². The van der Waals surface area contributed by atoms with Gasteiger partial charge in [-0.3, -0.25) is 4.79 Å². The summed E-state index contributed by atoms with van der Waals surface area (Å²) < 4.78 is 12.9. The minimum atomic E-state index is -0.364. The lowest BCUT2D eigenvalue weighted by Gasteiger charge is -2.03. The van der Waals surface area contributed by atoms with Crippen molar-refractivity contribution in [3.05, 3.63) is 35.1 Å². The lowest BCUT2D eigenvalue weighted by molar-refractivity contribution is 0.0995. The number of Topliss-reactive ketones (excluding diaryl/α,β-unsaturated/α-hetero) is 1. The summed E-state index contributed by atoms with van der Waals surface area (Å²) in [7, 11) is 0. The van der Waals surface area contributed by atoms with Crippen molar-refractivity contribution in [1.82, 2.24) is 0 Å². The van der Waals surface area contributed by atoms with Gasteiger partial charge in [0.25, 0.3) is 0 Å². The highest BCUT2D eigenvalue weighted by Gasteiger charge is 2.12. The summed E-state index contributed by atoms with van der Waals surface area (Å²) in [5, 5.41) is 0. The molecule has 0 saturated carbocycles. The Hall–Kier alpha value is -0.700. The molecule has 70 valence electrons. The fourth-order valence-electron chi connectivity index (χ4n) is 1.11. The molecule has 1 rings (SSSR count). The molecule has 0 fully saturated rings. The quantitative estimate of drug-likeness (QED) is 0.578. The van der Waals surface area contributed by atoms with E-state index in [2.05, 4.69) is 15.9 Å². The molecule has 13 heavy (non-hydrogen) atoms. The van der Waals surface area contributed by atoms with Gasteiger partial charge >= 0.3 is 0 Å². The standard InChI is InChI=1S/C10H10BrFO/c1-6-3-8(5-9(12)4-6)10(13)7(2)11/h3-5,7H,1-2H3. The summed E-state index contributed by atoms with van der Waals surface area (Å²) in [6.07, 6.45) is 0. The Kier molecular flexibility index (Phi) is 3.20. The number of alkyl halides is 1. The lowest BCUT2D eigenvalue weighted by atomic mass is 10.1. The Morgan fingerprint density at radius 1 is 1.46 bits per heavy atom. The Morgan fingerprint density at radius 2 is 2.08 bits per heavy atom. The van der Waals surface area contributed by atoms with E-state index in [0.29, 0.717) is 5.56 Å². The van der Waals surface area contributed by atoms with Crippen molar-refractivity contribution in [2.45, 2.75) is 18.7 Å². The Bertz CT molecular complexity index is 313. The van der Waals surface area contributed by atoms with Crippen LogP contribution in [0.25, 0.3) is 0 Å². The number of hydrogen-bond donors (Lipinski definition) is 0. The predicted molar refractivity (Wildman–Crippen MR) is 53.9 cm³/mol. The van der Waals surface area contributed by atoms with Crippen LogP contribution in [-0.4, -0.2) is 10.6 Å². The Labute approximate surface area is 85.1 Å². The van der Waals surface area contributed by atoms with Gasteiger partial charge in [-0.25, -0.2) is 4.39 Å². The van der Waals surface area contributed by atoms with E-state index < -0.39 is 0 Å². The maximum atomic E-state index is 12.9. The number of rotatable bonds is 2. The van der Waals surface area contributed by atoms with Crippen LogP contribution >= 0.6 is 15.9 Å². The van der Waals surface area contributed by atoms with Gasteiger partial charge in [0.15, 0.2) is 5.78 Å². The molecule has 0 heterocycles. The van der Waals surface area contributed by atoms with E-state index in [4.69, 9.17) is 0 Å². The van der Waals surface area contributed by atoms with Crippen molar-refractivity contribution in [2.75, 3.05) is 0 Å². The van der Waals surface area contributed by atoms with Crippen molar-refractivity contribution < 1.29 is 9.18 Å². The lowest BCUT2D eigenvalue weighted by Crippen LogP contribution is -2.10. The Morgan fingerprint density at radius 3 is 2.54 bits per heavy atom. The average molecular weight is 245 g/mol. The Balaban J connectivity index is 3.08. The summed E-state index contributed by atoms with van der Waals surface area (Å²) in [6, 6.07) is 4.34. The molecule has 0 amide bonds. The molecule has 0 N–H and O–H groups in total. The second-order valence-electron chi connectivity index (χ2n) is 3.00. The highest BCUT2D eigenvalue weighted by molar-refractivity contribution is 9.10. The molecule has 3 heteroatoms. The maximum absolute atomic E-state index is 12.9. The van der Waals surface area contributed by atoms with Crippen LogP contribution in [0, 0.1) is 12.7 Å². The van der Waals surface area contributed by atoms with E-state index >= 15 is 0 Å². The van der Waals surface area contributed by atoms with Gasteiger partial charge in [-0.1, -0.05) is 15.9 Å². The number of halogens is 2.